The summed E-state index contributed by atoms with van der Waals surface area (Å²) in [6.45, 7) is 1.92. The van der Waals surface area contributed by atoms with Crippen LogP contribution in [0.2, 0.25) is 0 Å². The molecule has 0 aromatic rings. The van der Waals surface area contributed by atoms with Gasteiger partial charge >= 0.3 is 23.4 Å². The summed E-state index contributed by atoms with van der Waals surface area (Å²) >= 11 is 0. The predicted molar refractivity (Wildman–Crippen MR) is 46.9 cm³/mol. The quantitative estimate of drug-likeness (QED) is 0.549. The normalized spacial score (nSPS) is 14.1. The standard InChI is InChI=1S/C5H10F3O6PS/c1-3-12-15(9,13-4-2)14-16(10,11)5(6,7)8/h3-4H2,1-2H3. The van der Waals surface area contributed by atoms with Crippen molar-refractivity contribution in [1.82, 2.24) is 0 Å². The van der Waals surface area contributed by atoms with Crippen LogP contribution in [0.25, 0.3) is 0 Å². The number of phosphoric ester groups is 1. The molecule has 0 saturated carbocycles. The summed E-state index contributed by atoms with van der Waals surface area (Å²) in [5.74, 6) is 0. The molecule has 0 aromatic heterocycles. The van der Waals surface area contributed by atoms with Crippen LogP contribution < -0.4 is 0 Å². The van der Waals surface area contributed by atoms with Gasteiger partial charge in [0.1, 0.15) is 0 Å². The monoisotopic (exact) mass is 286 g/mol. The van der Waals surface area contributed by atoms with Gasteiger partial charge in [-0.25, -0.2) is 4.57 Å². The summed E-state index contributed by atoms with van der Waals surface area (Å²) in [6.07, 6.45) is 0. The van der Waals surface area contributed by atoms with E-state index in [0.717, 1.165) is 0 Å². The van der Waals surface area contributed by atoms with Crippen molar-refractivity contribution in [2.24, 2.45) is 0 Å². The molecule has 0 rings (SSSR count). The van der Waals surface area contributed by atoms with Gasteiger partial charge in [0, 0.05) is 0 Å². The van der Waals surface area contributed by atoms with Gasteiger partial charge in [0.2, 0.25) is 0 Å². The molecule has 0 atom stereocenters. The zero-order valence-electron chi connectivity index (χ0n) is 8.35. The molecular formula is C5H10F3O6PS. The second kappa shape index (κ2) is 5.46. The Kier molecular flexibility index (Phi) is 5.40. The van der Waals surface area contributed by atoms with Crippen molar-refractivity contribution in [2.45, 2.75) is 19.4 Å². The molecule has 0 aliphatic heterocycles. The van der Waals surface area contributed by atoms with Gasteiger partial charge in [0.25, 0.3) is 0 Å². The Morgan fingerprint density at radius 1 is 1.12 bits per heavy atom. The van der Waals surface area contributed by atoms with Crippen molar-refractivity contribution >= 4 is 17.9 Å². The van der Waals surface area contributed by atoms with Crippen LogP contribution in [0.1, 0.15) is 13.8 Å². The first-order valence-electron chi connectivity index (χ1n) is 3.99. The van der Waals surface area contributed by atoms with Crippen molar-refractivity contribution in [3.63, 3.8) is 0 Å². The lowest BCUT2D eigenvalue weighted by Gasteiger charge is -2.16. The third-order valence-corrected chi connectivity index (χ3v) is 4.28. The van der Waals surface area contributed by atoms with E-state index in [1.165, 1.54) is 13.8 Å². The van der Waals surface area contributed by atoms with E-state index in [4.69, 9.17) is 0 Å². The third-order valence-electron chi connectivity index (χ3n) is 1.05. The average Bonchev–Trinajstić information content (AvgIpc) is 2.00. The molecule has 0 fully saturated rings. The molecular weight excluding hydrogens is 276 g/mol. The maximum atomic E-state index is 11.9. The van der Waals surface area contributed by atoms with Crippen LogP contribution in [0, 0.1) is 0 Å². The Morgan fingerprint density at radius 2 is 1.50 bits per heavy atom. The SMILES string of the molecule is CCOP(=O)(OCC)OS(=O)(=O)C(F)(F)F. The second-order valence-corrected chi connectivity index (χ2v) is 5.64. The minimum atomic E-state index is -6.01. The lowest BCUT2D eigenvalue weighted by molar-refractivity contribution is -0.0514. The fourth-order valence-corrected chi connectivity index (χ4v) is 2.91. The Balaban J connectivity index is 4.98. The first kappa shape index (κ1) is 15.9. The van der Waals surface area contributed by atoms with Gasteiger partial charge in [-0.3, -0.25) is 9.05 Å². The number of hydrogen-bond donors (Lipinski definition) is 0. The van der Waals surface area contributed by atoms with E-state index in [0.29, 0.717) is 0 Å². The fourth-order valence-electron chi connectivity index (χ4n) is 0.559. The molecule has 0 spiro atoms. The van der Waals surface area contributed by atoms with E-state index in [9.17, 15) is 26.2 Å². The van der Waals surface area contributed by atoms with Crippen LogP contribution in [-0.2, 0) is 27.7 Å². The molecule has 16 heavy (non-hydrogen) atoms. The van der Waals surface area contributed by atoms with Gasteiger partial charge in [0.15, 0.2) is 0 Å². The molecule has 0 amide bonds. The number of rotatable bonds is 6. The van der Waals surface area contributed by atoms with Gasteiger partial charge in [-0.05, 0) is 13.8 Å². The van der Waals surface area contributed by atoms with Gasteiger partial charge in [-0.15, -0.1) is 0 Å². The molecule has 0 heterocycles. The number of alkyl halides is 3. The molecule has 0 radical (unpaired) electrons. The van der Waals surface area contributed by atoms with E-state index in [-0.39, 0.29) is 13.2 Å². The highest BCUT2D eigenvalue weighted by atomic mass is 32.2. The highest BCUT2D eigenvalue weighted by Crippen LogP contribution is 2.52. The Labute approximate surface area is 90.4 Å². The Morgan fingerprint density at radius 3 is 1.75 bits per heavy atom. The lowest BCUT2D eigenvalue weighted by Crippen LogP contribution is -2.25. The molecule has 98 valence electrons. The van der Waals surface area contributed by atoms with Crippen LogP contribution in [0.3, 0.4) is 0 Å². The lowest BCUT2D eigenvalue weighted by atomic mass is 10.9. The number of hydrogen-bond acceptors (Lipinski definition) is 6. The summed E-state index contributed by atoms with van der Waals surface area (Å²) < 4.78 is 80.0. The van der Waals surface area contributed by atoms with Gasteiger partial charge < -0.3 is 0 Å². The van der Waals surface area contributed by atoms with Crippen molar-refractivity contribution in [3.05, 3.63) is 0 Å². The van der Waals surface area contributed by atoms with Gasteiger partial charge in [0.05, 0.1) is 13.2 Å². The van der Waals surface area contributed by atoms with Crippen LogP contribution in [0.4, 0.5) is 13.2 Å². The largest absolute Gasteiger partial charge is 0.523 e. The minimum Gasteiger partial charge on any atom is -0.286 e. The predicted octanol–water partition coefficient (Wildman–Crippen LogP) is 2.03. The minimum absolute atomic E-state index is 0.329. The first-order chi connectivity index (χ1) is 7.08. The molecule has 0 bridgehead atoms. The zero-order valence-corrected chi connectivity index (χ0v) is 10.1. The summed E-state index contributed by atoms with van der Waals surface area (Å²) in [6, 6.07) is 0. The topological polar surface area (TPSA) is 78.9 Å². The Bertz CT molecular complexity index is 353. The molecule has 0 aromatic carbocycles. The van der Waals surface area contributed by atoms with E-state index in [2.05, 4.69) is 13.0 Å². The summed E-state index contributed by atoms with van der Waals surface area (Å²) in [5.41, 5.74) is -5.68. The molecule has 0 saturated heterocycles. The van der Waals surface area contributed by atoms with Crippen LogP contribution in [0.5, 0.6) is 0 Å². The van der Waals surface area contributed by atoms with E-state index in [1.807, 2.05) is 0 Å². The first-order valence-corrected chi connectivity index (χ1v) is 6.86. The summed E-state index contributed by atoms with van der Waals surface area (Å²) in [5, 5.41) is 0. The molecule has 0 unspecified atom stereocenters. The average molecular weight is 286 g/mol. The molecule has 0 aliphatic rings. The van der Waals surface area contributed by atoms with Crippen LogP contribution >= 0.6 is 7.82 Å². The molecule has 0 N–H and O–H groups in total. The van der Waals surface area contributed by atoms with Crippen molar-refractivity contribution in [2.75, 3.05) is 13.2 Å². The molecule has 11 heteroatoms. The van der Waals surface area contributed by atoms with Crippen molar-refractivity contribution < 1.29 is 39.2 Å². The van der Waals surface area contributed by atoms with Crippen molar-refractivity contribution in [3.8, 4) is 0 Å². The van der Waals surface area contributed by atoms with Crippen LogP contribution in [-0.4, -0.2) is 27.1 Å². The molecule has 0 aliphatic carbocycles. The van der Waals surface area contributed by atoms with E-state index >= 15 is 0 Å². The Hall–Kier alpha value is -0.150. The zero-order chi connectivity index (χ0) is 13.0. The summed E-state index contributed by atoms with van der Waals surface area (Å²) in [4.78, 5) is 0. The summed E-state index contributed by atoms with van der Waals surface area (Å²) in [7, 11) is -10.8. The maximum absolute atomic E-state index is 11.9. The highest BCUT2D eigenvalue weighted by Gasteiger charge is 2.52. The number of phosphoric acid groups is 1. The van der Waals surface area contributed by atoms with E-state index in [1.54, 1.807) is 0 Å². The fraction of sp³-hybridized carbons (Fsp3) is 1.00. The van der Waals surface area contributed by atoms with Crippen LogP contribution in [0.15, 0.2) is 0 Å². The highest BCUT2D eigenvalue weighted by molar-refractivity contribution is 7.91. The third kappa shape index (κ3) is 4.38. The smallest absolute Gasteiger partial charge is 0.286 e. The second-order valence-electron chi connectivity index (χ2n) is 2.26. The van der Waals surface area contributed by atoms with E-state index < -0.39 is 23.4 Å². The van der Waals surface area contributed by atoms with Gasteiger partial charge in [-0.2, -0.15) is 25.6 Å². The van der Waals surface area contributed by atoms with Gasteiger partial charge in [-0.1, -0.05) is 0 Å². The number of halogens is 3. The van der Waals surface area contributed by atoms with Crippen molar-refractivity contribution in [1.29, 1.82) is 0 Å². The maximum Gasteiger partial charge on any atom is 0.523 e. The molecule has 6 nitrogen and oxygen atoms in total.